The van der Waals surface area contributed by atoms with Gasteiger partial charge in [-0.3, -0.25) is 19.3 Å². The average molecular weight is 438 g/mol. The number of fused-ring (bicyclic) bond motifs is 1. The Balaban J connectivity index is 1.89. The normalized spacial score (nSPS) is 14.9. The number of carbonyl (C=O) groups is 3. The van der Waals surface area contributed by atoms with Gasteiger partial charge in [0.25, 0.3) is 11.8 Å². The lowest BCUT2D eigenvalue weighted by atomic mass is 10.00. The van der Waals surface area contributed by atoms with Crippen molar-refractivity contribution < 1.29 is 19.1 Å². The molecule has 1 heterocycles. The predicted octanol–water partition coefficient (Wildman–Crippen LogP) is 4.06. The minimum absolute atomic E-state index is 0.196. The van der Waals surface area contributed by atoms with Crippen molar-refractivity contribution in [2.45, 2.75) is 59.1 Å². The number of carbonyl (C=O) groups excluding carboxylic acids is 3. The molecule has 0 radical (unpaired) electrons. The van der Waals surface area contributed by atoms with Crippen LogP contribution in [0, 0.1) is 6.92 Å². The lowest BCUT2D eigenvalue weighted by Gasteiger charge is -2.38. The molecular weight excluding hydrogens is 406 g/mol. The molecule has 0 aromatic heterocycles. The second-order valence-corrected chi connectivity index (χ2v) is 9.30. The van der Waals surface area contributed by atoms with E-state index in [0.29, 0.717) is 22.7 Å². The van der Waals surface area contributed by atoms with Crippen LogP contribution < -0.4 is 20.3 Å². The van der Waals surface area contributed by atoms with E-state index in [1.807, 2.05) is 45.9 Å². The maximum atomic E-state index is 13.1. The molecule has 0 bridgehead atoms. The first-order valence-electron chi connectivity index (χ1n) is 10.8. The van der Waals surface area contributed by atoms with Crippen LogP contribution in [0.25, 0.3) is 0 Å². The number of ether oxygens (including phenoxy) is 1. The molecule has 7 nitrogen and oxygen atoms in total. The summed E-state index contributed by atoms with van der Waals surface area (Å²) >= 11 is 0. The van der Waals surface area contributed by atoms with Gasteiger partial charge in [-0.05, 0) is 76.9 Å². The molecule has 0 unspecified atom stereocenters. The molecule has 170 valence electrons. The van der Waals surface area contributed by atoms with Crippen LogP contribution in [0.2, 0.25) is 0 Å². The highest BCUT2D eigenvalue weighted by Gasteiger charge is 2.42. The number of amides is 3. The molecule has 3 amide bonds. The quantitative estimate of drug-likeness (QED) is 0.714. The van der Waals surface area contributed by atoms with E-state index in [0.717, 1.165) is 12.0 Å². The van der Waals surface area contributed by atoms with Gasteiger partial charge in [0, 0.05) is 16.8 Å². The Morgan fingerprint density at radius 2 is 1.84 bits per heavy atom. The number of hydrogen-bond acceptors (Lipinski definition) is 4. The van der Waals surface area contributed by atoms with Crippen molar-refractivity contribution in [1.29, 1.82) is 0 Å². The largest absolute Gasteiger partial charge is 0.476 e. The molecule has 2 aromatic carbocycles. The van der Waals surface area contributed by atoms with Crippen molar-refractivity contribution in [3.8, 4) is 5.75 Å². The average Bonchev–Trinajstić information content (AvgIpc) is 2.70. The van der Waals surface area contributed by atoms with Crippen molar-refractivity contribution in [2.24, 2.45) is 0 Å². The Hall–Kier alpha value is -3.35. The number of anilines is 2. The molecule has 3 rings (SSSR count). The molecule has 0 saturated carbocycles. The van der Waals surface area contributed by atoms with Crippen molar-refractivity contribution in [1.82, 2.24) is 5.32 Å². The van der Waals surface area contributed by atoms with Gasteiger partial charge in [-0.25, -0.2) is 0 Å². The first kappa shape index (κ1) is 23.3. The van der Waals surface area contributed by atoms with Gasteiger partial charge < -0.3 is 15.4 Å². The smallest absolute Gasteiger partial charge is 0.271 e. The monoisotopic (exact) mass is 437 g/mol. The van der Waals surface area contributed by atoms with Crippen LogP contribution in [0.4, 0.5) is 11.4 Å². The Kier molecular flexibility index (Phi) is 6.30. The van der Waals surface area contributed by atoms with E-state index >= 15 is 0 Å². The molecule has 32 heavy (non-hydrogen) atoms. The van der Waals surface area contributed by atoms with E-state index in [-0.39, 0.29) is 29.8 Å². The molecule has 0 spiro atoms. The van der Waals surface area contributed by atoms with E-state index in [1.54, 1.807) is 38.1 Å². The number of rotatable bonds is 6. The van der Waals surface area contributed by atoms with E-state index < -0.39 is 5.60 Å². The van der Waals surface area contributed by atoms with Gasteiger partial charge in [0.05, 0.1) is 5.69 Å². The molecule has 1 aliphatic heterocycles. The molecule has 7 heteroatoms. The van der Waals surface area contributed by atoms with Crippen molar-refractivity contribution in [2.75, 3.05) is 16.8 Å². The van der Waals surface area contributed by atoms with Gasteiger partial charge in [0.1, 0.15) is 12.3 Å². The van der Waals surface area contributed by atoms with Gasteiger partial charge in [-0.15, -0.1) is 0 Å². The van der Waals surface area contributed by atoms with Crippen LogP contribution in [0.3, 0.4) is 0 Å². The topological polar surface area (TPSA) is 87.7 Å². The highest BCUT2D eigenvalue weighted by Crippen LogP contribution is 2.38. The number of aryl methyl sites for hydroxylation is 1. The summed E-state index contributed by atoms with van der Waals surface area (Å²) in [6.45, 7) is 10.9. The van der Waals surface area contributed by atoms with E-state index in [4.69, 9.17) is 4.74 Å². The Labute approximate surface area is 189 Å². The lowest BCUT2D eigenvalue weighted by Crippen LogP contribution is -2.54. The summed E-state index contributed by atoms with van der Waals surface area (Å²) in [5, 5.41) is 5.82. The highest BCUT2D eigenvalue weighted by atomic mass is 16.5. The molecular formula is C25H31N3O4. The molecule has 0 saturated heterocycles. The zero-order valence-corrected chi connectivity index (χ0v) is 19.5. The summed E-state index contributed by atoms with van der Waals surface area (Å²) < 4.78 is 5.88. The minimum atomic E-state index is -1.13. The summed E-state index contributed by atoms with van der Waals surface area (Å²) in [5.74, 6) is -0.490. The Bertz CT molecular complexity index is 1060. The zero-order chi connectivity index (χ0) is 23.7. The van der Waals surface area contributed by atoms with Gasteiger partial charge in [0.2, 0.25) is 5.91 Å². The lowest BCUT2D eigenvalue weighted by molar-refractivity contribution is -0.133. The fourth-order valence-corrected chi connectivity index (χ4v) is 3.40. The van der Waals surface area contributed by atoms with Crippen molar-refractivity contribution >= 4 is 29.1 Å². The predicted molar refractivity (Wildman–Crippen MR) is 125 cm³/mol. The number of benzene rings is 2. The van der Waals surface area contributed by atoms with E-state index in [1.165, 1.54) is 4.90 Å². The van der Waals surface area contributed by atoms with Crippen molar-refractivity contribution in [3.05, 3.63) is 53.6 Å². The maximum Gasteiger partial charge on any atom is 0.271 e. The minimum Gasteiger partial charge on any atom is -0.476 e. The summed E-state index contributed by atoms with van der Waals surface area (Å²) in [6, 6.07) is 12.4. The third kappa shape index (κ3) is 5.10. The highest BCUT2D eigenvalue weighted by molar-refractivity contribution is 6.08. The summed E-state index contributed by atoms with van der Waals surface area (Å²) in [6.07, 6.45) is 0.769. The molecule has 0 fully saturated rings. The van der Waals surface area contributed by atoms with Crippen LogP contribution in [-0.4, -0.2) is 35.4 Å². The summed E-state index contributed by atoms with van der Waals surface area (Å²) in [5.41, 5.74) is 0.966. The summed E-state index contributed by atoms with van der Waals surface area (Å²) in [4.78, 5) is 40.1. The fourth-order valence-electron chi connectivity index (χ4n) is 3.40. The fraction of sp³-hybridized carbons (Fsp3) is 0.400. The standard InChI is InChI=1S/C25H31N3O4/c1-7-24(3,4)27-22(30)17-11-12-20-19(14-17)28(23(31)25(5,6)32-20)15-21(29)26-18-10-8-9-16(2)13-18/h8-14H,7,15H2,1-6H3,(H,26,29)(H,27,30). The van der Waals surface area contributed by atoms with Gasteiger partial charge in [-0.2, -0.15) is 0 Å². The SMILES string of the molecule is CCC(C)(C)NC(=O)c1ccc2c(c1)N(CC(=O)Nc1cccc(C)c1)C(=O)C(C)(C)O2. The summed E-state index contributed by atoms with van der Waals surface area (Å²) in [7, 11) is 0. The van der Waals surface area contributed by atoms with Crippen LogP contribution in [0.15, 0.2) is 42.5 Å². The second-order valence-electron chi connectivity index (χ2n) is 9.30. The first-order chi connectivity index (χ1) is 14.9. The Morgan fingerprint density at radius 1 is 1.12 bits per heavy atom. The zero-order valence-electron chi connectivity index (χ0n) is 19.5. The van der Waals surface area contributed by atoms with Crippen LogP contribution in [0.1, 0.15) is 57.0 Å². The van der Waals surface area contributed by atoms with Crippen LogP contribution >= 0.6 is 0 Å². The second kappa shape index (κ2) is 8.65. The third-order valence-corrected chi connectivity index (χ3v) is 5.58. The number of hydrogen-bond donors (Lipinski definition) is 2. The van der Waals surface area contributed by atoms with E-state index in [2.05, 4.69) is 10.6 Å². The van der Waals surface area contributed by atoms with E-state index in [9.17, 15) is 14.4 Å². The maximum absolute atomic E-state index is 13.1. The molecule has 0 atom stereocenters. The Morgan fingerprint density at radius 3 is 2.50 bits per heavy atom. The van der Waals surface area contributed by atoms with Crippen LogP contribution in [-0.2, 0) is 9.59 Å². The third-order valence-electron chi connectivity index (χ3n) is 5.58. The molecule has 0 aliphatic carbocycles. The van der Waals surface area contributed by atoms with Crippen molar-refractivity contribution in [3.63, 3.8) is 0 Å². The van der Waals surface area contributed by atoms with Gasteiger partial charge in [0.15, 0.2) is 5.60 Å². The molecule has 1 aliphatic rings. The number of nitrogens with one attached hydrogen (secondary N) is 2. The van der Waals surface area contributed by atoms with Gasteiger partial charge in [-0.1, -0.05) is 19.1 Å². The molecule has 2 N–H and O–H groups in total. The van der Waals surface area contributed by atoms with Crippen LogP contribution in [0.5, 0.6) is 5.75 Å². The van der Waals surface area contributed by atoms with Gasteiger partial charge >= 0.3 is 0 Å². The first-order valence-corrected chi connectivity index (χ1v) is 10.8. The number of nitrogens with zero attached hydrogens (tertiary/aromatic N) is 1. The molecule has 2 aromatic rings.